The molecule has 2 saturated heterocycles. The van der Waals surface area contributed by atoms with Crippen molar-refractivity contribution >= 4 is 0 Å². The Labute approximate surface area is 80.6 Å². The van der Waals surface area contributed by atoms with Gasteiger partial charge >= 0.3 is 0 Å². The second-order valence-corrected chi connectivity index (χ2v) is 4.38. The predicted molar refractivity (Wildman–Crippen MR) is 52.9 cm³/mol. The molecule has 0 aromatic carbocycles. The third kappa shape index (κ3) is 2.22. The van der Waals surface area contributed by atoms with Gasteiger partial charge in [0, 0.05) is 25.7 Å². The highest BCUT2D eigenvalue weighted by Crippen LogP contribution is 2.16. The molecule has 0 bridgehead atoms. The number of nitrogens with zero attached hydrogens (tertiary/aromatic N) is 2. The zero-order valence-electron chi connectivity index (χ0n) is 8.70. The average molecular weight is 184 g/mol. The van der Waals surface area contributed by atoms with Crippen LogP contribution >= 0.6 is 0 Å². The van der Waals surface area contributed by atoms with Crippen molar-refractivity contribution in [3.8, 4) is 0 Å². The van der Waals surface area contributed by atoms with E-state index in [0.717, 1.165) is 25.7 Å². The molecule has 76 valence electrons. The van der Waals surface area contributed by atoms with Crippen LogP contribution in [0.5, 0.6) is 0 Å². The third-order valence-electron chi connectivity index (χ3n) is 3.16. The van der Waals surface area contributed by atoms with Crippen molar-refractivity contribution in [1.82, 2.24) is 9.80 Å². The monoisotopic (exact) mass is 184 g/mol. The first-order valence-corrected chi connectivity index (χ1v) is 5.30. The minimum Gasteiger partial charge on any atom is -0.376 e. The predicted octanol–water partition coefficient (Wildman–Crippen LogP) is 0.411. The van der Waals surface area contributed by atoms with Gasteiger partial charge in [-0.15, -0.1) is 0 Å². The summed E-state index contributed by atoms with van der Waals surface area (Å²) in [5.41, 5.74) is 0. The lowest BCUT2D eigenvalue weighted by molar-refractivity contribution is -0.0321. The summed E-state index contributed by atoms with van der Waals surface area (Å²) < 4.78 is 5.54. The normalized spacial score (nSPS) is 38.3. The maximum atomic E-state index is 5.54. The first-order chi connectivity index (χ1) is 6.25. The van der Waals surface area contributed by atoms with Crippen LogP contribution in [0.2, 0.25) is 0 Å². The molecule has 2 aliphatic heterocycles. The molecule has 0 spiro atoms. The summed E-state index contributed by atoms with van der Waals surface area (Å²) in [7, 11) is 2.21. The molecule has 2 atom stereocenters. The summed E-state index contributed by atoms with van der Waals surface area (Å²) in [5.74, 6) is 0. The number of rotatable bonds is 1. The number of morpholine rings is 1. The van der Waals surface area contributed by atoms with E-state index in [1.807, 2.05) is 0 Å². The molecule has 0 radical (unpaired) electrons. The van der Waals surface area contributed by atoms with Crippen LogP contribution in [-0.4, -0.2) is 61.8 Å². The van der Waals surface area contributed by atoms with E-state index in [0.29, 0.717) is 6.10 Å². The van der Waals surface area contributed by atoms with Crippen LogP contribution in [0.15, 0.2) is 0 Å². The van der Waals surface area contributed by atoms with Gasteiger partial charge < -0.3 is 9.64 Å². The Morgan fingerprint density at radius 3 is 2.69 bits per heavy atom. The van der Waals surface area contributed by atoms with E-state index in [1.165, 1.54) is 19.5 Å². The van der Waals surface area contributed by atoms with Crippen molar-refractivity contribution in [3.63, 3.8) is 0 Å². The minimum atomic E-state index is 0.430. The summed E-state index contributed by atoms with van der Waals surface area (Å²) in [5, 5.41) is 0. The Morgan fingerprint density at radius 2 is 2.08 bits per heavy atom. The second kappa shape index (κ2) is 3.95. The fourth-order valence-corrected chi connectivity index (χ4v) is 2.39. The molecular weight excluding hydrogens is 164 g/mol. The Balaban J connectivity index is 1.85. The number of ether oxygens (including phenoxy) is 1. The van der Waals surface area contributed by atoms with Gasteiger partial charge in [-0.1, -0.05) is 0 Å². The van der Waals surface area contributed by atoms with Crippen LogP contribution in [0, 0.1) is 0 Å². The van der Waals surface area contributed by atoms with Crippen LogP contribution < -0.4 is 0 Å². The second-order valence-electron chi connectivity index (χ2n) is 4.38. The lowest BCUT2D eigenvalue weighted by atomic mass is 10.2. The standard InChI is InChI=1S/C10H20N2O/c1-9-7-12(5-6-13-9)10-3-4-11(2)8-10/h9-10H,3-8H2,1-2H3. The molecule has 2 heterocycles. The van der Waals surface area contributed by atoms with Gasteiger partial charge in [-0.25, -0.2) is 0 Å². The van der Waals surface area contributed by atoms with Crippen LogP contribution in [0.4, 0.5) is 0 Å². The van der Waals surface area contributed by atoms with Gasteiger partial charge in [-0.3, -0.25) is 4.90 Å². The molecule has 0 amide bonds. The maximum Gasteiger partial charge on any atom is 0.0674 e. The van der Waals surface area contributed by atoms with Crippen LogP contribution in [0.3, 0.4) is 0 Å². The molecular formula is C10H20N2O. The van der Waals surface area contributed by atoms with E-state index in [4.69, 9.17) is 4.74 Å². The molecule has 2 unspecified atom stereocenters. The van der Waals surface area contributed by atoms with Crippen molar-refractivity contribution in [1.29, 1.82) is 0 Å². The Hall–Kier alpha value is -0.120. The van der Waals surface area contributed by atoms with Crippen molar-refractivity contribution in [2.75, 3.05) is 39.8 Å². The molecule has 3 heteroatoms. The smallest absolute Gasteiger partial charge is 0.0674 e. The van der Waals surface area contributed by atoms with Gasteiger partial charge in [0.1, 0.15) is 0 Å². The van der Waals surface area contributed by atoms with Crippen molar-refractivity contribution in [3.05, 3.63) is 0 Å². The van der Waals surface area contributed by atoms with Gasteiger partial charge in [0.2, 0.25) is 0 Å². The van der Waals surface area contributed by atoms with Gasteiger partial charge in [0.15, 0.2) is 0 Å². The van der Waals surface area contributed by atoms with Gasteiger partial charge in [0.05, 0.1) is 12.7 Å². The fourth-order valence-electron chi connectivity index (χ4n) is 2.39. The van der Waals surface area contributed by atoms with E-state index < -0.39 is 0 Å². The average Bonchev–Trinajstić information content (AvgIpc) is 2.52. The van der Waals surface area contributed by atoms with Crippen LogP contribution in [-0.2, 0) is 4.74 Å². The molecule has 0 aliphatic carbocycles. The summed E-state index contributed by atoms with van der Waals surface area (Å²) >= 11 is 0. The van der Waals surface area contributed by atoms with Gasteiger partial charge in [-0.2, -0.15) is 0 Å². The highest BCUT2D eigenvalue weighted by molar-refractivity contribution is 4.84. The van der Waals surface area contributed by atoms with Crippen LogP contribution in [0.25, 0.3) is 0 Å². The molecule has 0 saturated carbocycles. The SMILES string of the molecule is CC1CN(C2CCN(C)C2)CCO1. The highest BCUT2D eigenvalue weighted by Gasteiger charge is 2.28. The number of hydrogen-bond acceptors (Lipinski definition) is 3. The lowest BCUT2D eigenvalue weighted by Gasteiger charge is -2.35. The minimum absolute atomic E-state index is 0.430. The Bertz CT molecular complexity index is 174. The summed E-state index contributed by atoms with van der Waals surface area (Å²) in [4.78, 5) is 5.02. The van der Waals surface area contributed by atoms with E-state index in [9.17, 15) is 0 Å². The number of likely N-dealkylation sites (N-methyl/N-ethyl adjacent to an activating group) is 1. The topological polar surface area (TPSA) is 15.7 Å². The number of hydrogen-bond donors (Lipinski definition) is 0. The van der Waals surface area contributed by atoms with Crippen LogP contribution in [0.1, 0.15) is 13.3 Å². The van der Waals surface area contributed by atoms with E-state index in [1.54, 1.807) is 0 Å². The quantitative estimate of drug-likeness (QED) is 0.587. The Kier molecular flexibility index (Phi) is 2.86. The van der Waals surface area contributed by atoms with Gasteiger partial charge in [-0.05, 0) is 26.9 Å². The maximum absolute atomic E-state index is 5.54. The molecule has 2 rings (SSSR count). The highest BCUT2D eigenvalue weighted by atomic mass is 16.5. The molecule has 0 N–H and O–H groups in total. The molecule has 13 heavy (non-hydrogen) atoms. The summed E-state index contributed by atoms with van der Waals surface area (Å²) in [6.45, 7) is 7.84. The number of likely N-dealkylation sites (tertiary alicyclic amines) is 1. The third-order valence-corrected chi connectivity index (χ3v) is 3.16. The van der Waals surface area contributed by atoms with Gasteiger partial charge in [0.25, 0.3) is 0 Å². The fraction of sp³-hybridized carbons (Fsp3) is 1.00. The molecule has 2 fully saturated rings. The molecule has 2 aliphatic rings. The zero-order chi connectivity index (χ0) is 9.26. The lowest BCUT2D eigenvalue weighted by Crippen LogP contribution is -2.47. The largest absolute Gasteiger partial charge is 0.376 e. The van der Waals surface area contributed by atoms with E-state index in [2.05, 4.69) is 23.8 Å². The molecule has 3 nitrogen and oxygen atoms in total. The molecule has 0 aromatic heterocycles. The Morgan fingerprint density at radius 1 is 1.23 bits per heavy atom. The van der Waals surface area contributed by atoms with Crippen molar-refractivity contribution in [2.24, 2.45) is 0 Å². The zero-order valence-corrected chi connectivity index (χ0v) is 8.70. The summed E-state index contributed by atoms with van der Waals surface area (Å²) in [6, 6.07) is 0.788. The molecule has 0 aromatic rings. The van der Waals surface area contributed by atoms with Crippen molar-refractivity contribution in [2.45, 2.75) is 25.5 Å². The van der Waals surface area contributed by atoms with Crippen molar-refractivity contribution < 1.29 is 4.74 Å². The van der Waals surface area contributed by atoms with E-state index in [-0.39, 0.29) is 0 Å². The first-order valence-electron chi connectivity index (χ1n) is 5.30. The summed E-state index contributed by atoms with van der Waals surface area (Å²) in [6.07, 6.45) is 1.77. The van der Waals surface area contributed by atoms with E-state index >= 15 is 0 Å². The first kappa shape index (κ1) is 9.44.